The van der Waals surface area contributed by atoms with Gasteiger partial charge in [0.25, 0.3) is 0 Å². The molecule has 0 radical (unpaired) electrons. The Morgan fingerprint density at radius 1 is 1.46 bits per heavy atom. The van der Waals surface area contributed by atoms with Crippen molar-refractivity contribution in [1.29, 1.82) is 0 Å². The zero-order valence-electron chi connectivity index (χ0n) is 7.30. The summed E-state index contributed by atoms with van der Waals surface area (Å²) >= 11 is 0. The van der Waals surface area contributed by atoms with Crippen LogP contribution in [-0.4, -0.2) is 40.5 Å². The molecule has 0 aromatic rings. The average molecular weight is 210 g/mol. The monoisotopic (exact) mass is 210 g/mol. The summed E-state index contributed by atoms with van der Waals surface area (Å²) in [4.78, 5) is 18.7. The molecule has 1 aliphatic rings. The van der Waals surface area contributed by atoms with E-state index in [0.717, 1.165) is 25.9 Å². The topological polar surface area (TPSA) is 96.0 Å². The molecule has 6 nitrogen and oxygen atoms in total. The van der Waals surface area contributed by atoms with Crippen molar-refractivity contribution in [3.63, 3.8) is 0 Å². The molecule has 0 atom stereocenters. The summed E-state index contributed by atoms with van der Waals surface area (Å²) in [5.41, 5.74) is 5.66. The van der Waals surface area contributed by atoms with Crippen LogP contribution in [0.25, 0.3) is 0 Å². The number of piperidine rings is 1. The van der Waals surface area contributed by atoms with E-state index in [9.17, 15) is 4.57 Å². The lowest BCUT2D eigenvalue weighted by Crippen LogP contribution is -2.40. The molecule has 0 saturated carbocycles. The van der Waals surface area contributed by atoms with Gasteiger partial charge in [0.15, 0.2) is 0 Å². The third-order valence-corrected chi connectivity index (χ3v) is 2.49. The van der Waals surface area contributed by atoms with E-state index in [4.69, 9.17) is 15.5 Å². The Kier molecular flexibility index (Phi) is 3.85. The number of phosphoric acid groups is 1. The Morgan fingerprint density at radius 2 is 2.00 bits per heavy atom. The van der Waals surface area contributed by atoms with Crippen molar-refractivity contribution in [2.75, 3.05) is 19.8 Å². The Hall–Kier alpha value is 0.0300. The number of rotatable bonds is 3. The van der Waals surface area contributed by atoms with Gasteiger partial charge in [-0.25, -0.2) is 4.57 Å². The lowest BCUT2D eigenvalue weighted by molar-refractivity contribution is 0.0738. The summed E-state index contributed by atoms with van der Waals surface area (Å²) in [5, 5.41) is 0. The van der Waals surface area contributed by atoms with Crippen molar-refractivity contribution >= 4 is 7.82 Å². The summed E-state index contributed by atoms with van der Waals surface area (Å²) in [5.74, 6) is 0. The van der Waals surface area contributed by atoms with E-state index < -0.39 is 7.82 Å². The molecule has 1 heterocycles. The van der Waals surface area contributed by atoms with Crippen LogP contribution in [0.3, 0.4) is 0 Å². The summed E-state index contributed by atoms with van der Waals surface area (Å²) in [7, 11) is -4.32. The smallest absolute Gasteiger partial charge is 0.328 e. The molecule has 7 heteroatoms. The molecule has 0 amide bonds. The lowest BCUT2D eigenvalue weighted by Gasteiger charge is -2.29. The first-order chi connectivity index (χ1) is 5.97. The SMILES string of the molecule is NC1CCN(COP(=O)(O)O)CC1. The van der Waals surface area contributed by atoms with E-state index in [1.165, 1.54) is 0 Å². The van der Waals surface area contributed by atoms with Gasteiger partial charge in [-0.2, -0.15) is 0 Å². The third-order valence-electron chi connectivity index (χ3n) is 2.04. The number of phosphoric ester groups is 1. The number of nitrogens with zero attached hydrogens (tertiary/aromatic N) is 1. The van der Waals surface area contributed by atoms with Crippen LogP contribution in [0.1, 0.15) is 12.8 Å². The molecule has 0 aromatic carbocycles. The predicted molar refractivity (Wildman–Crippen MR) is 46.8 cm³/mol. The van der Waals surface area contributed by atoms with Gasteiger partial charge < -0.3 is 15.5 Å². The molecular weight excluding hydrogens is 195 g/mol. The van der Waals surface area contributed by atoms with Gasteiger partial charge in [0, 0.05) is 19.1 Å². The fourth-order valence-electron chi connectivity index (χ4n) is 1.24. The van der Waals surface area contributed by atoms with Gasteiger partial charge in [-0.1, -0.05) is 0 Å². The van der Waals surface area contributed by atoms with Crippen LogP contribution < -0.4 is 5.73 Å². The first-order valence-electron chi connectivity index (χ1n) is 4.15. The highest BCUT2D eigenvalue weighted by atomic mass is 31.2. The fraction of sp³-hybridized carbons (Fsp3) is 1.00. The van der Waals surface area contributed by atoms with E-state index >= 15 is 0 Å². The number of nitrogens with two attached hydrogens (primary N) is 1. The second kappa shape index (κ2) is 4.50. The minimum Gasteiger partial charge on any atom is -0.328 e. The summed E-state index contributed by atoms with van der Waals surface area (Å²) in [6.07, 6.45) is 1.70. The number of likely N-dealkylation sites (tertiary alicyclic amines) is 1. The van der Waals surface area contributed by atoms with E-state index in [1.54, 1.807) is 0 Å². The van der Waals surface area contributed by atoms with Crippen molar-refractivity contribution in [1.82, 2.24) is 4.90 Å². The highest BCUT2D eigenvalue weighted by Crippen LogP contribution is 2.35. The molecule has 0 bridgehead atoms. The van der Waals surface area contributed by atoms with Gasteiger partial charge in [-0.3, -0.25) is 9.42 Å². The Morgan fingerprint density at radius 3 is 2.46 bits per heavy atom. The van der Waals surface area contributed by atoms with Gasteiger partial charge in [0.1, 0.15) is 6.73 Å². The van der Waals surface area contributed by atoms with Crippen LogP contribution in [0.15, 0.2) is 0 Å². The molecule has 1 aliphatic heterocycles. The molecule has 0 aromatic heterocycles. The maximum Gasteiger partial charge on any atom is 0.470 e. The van der Waals surface area contributed by atoms with Crippen LogP contribution in [0, 0.1) is 0 Å². The van der Waals surface area contributed by atoms with Gasteiger partial charge in [0.2, 0.25) is 0 Å². The minimum atomic E-state index is -4.32. The number of hydrogen-bond donors (Lipinski definition) is 3. The van der Waals surface area contributed by atoms with E-state index in [0.29, 0.717) is 0 Å². The standard InChI is InChI=1S/C6H15N2O4P/c7-6-1-3-8(4-2-6)5-12-13(9,10)11/h6H,1-5,7H2,(H2,9,10,11). The van der Waals surface area contributed by atoms with Crippen molar-refractivity contribution < 1.29 is 18.9 Å². The van der Waals surface area contributed by atoms with Crippen LogP contribution in [-0.2, 0) is 9.09 Å². The molecule has 13 heavy (non-hydrogen) atoms. The number of hydrogen-bond acceptors (Lipinski definition) is 4. The van der Waals surface area contributed by atoms with E-state index in [-0.39, 0.29) is 12.8 Å². The van der Waals surface area contributed by atoms with Crippen LogP contribution in [0.5, 0.6) is 0 Å². The maximum absolute atomic E-state index is 10.4. The van der Waals surface area contributed by atoms with Gasteiger partial charge in [-0.05, 0) is 12.8 Å². The minimum absolute atomic E-state index is 0.0169. The molecule has 1 saturated heterocycles. The second-order valence-electron chi connectivity index (χ2n) is 3.20. The quantitative estimate of drug-likeness (QED) is 0.542. The molecule has 0 spiro atoms. The third kappa shape index (κ3) is 4.71. The zero-order chi connectivity index (χ0) is 9.90. The van der Waals surface area contributed by atoms with Crippen LogP contribution >= 0.6 is 7.82 Å². The van der Waals surface area contributed by atoms with E-state index in [2.05, 4.69) is 4.52 Å². The Labute approximate surface area is 76.9 Å². The highest BCUT2D eigenvalue weighted by Gasteiger charge is 2.20. The highest BCUT2D eigenvalue weighted by molar-refractivity contribution is 7.46. The molecule has 4 N–H and O–H groups in total. The fourth-order valence-corrected chi connectivity index (χ4v) is 1.55. The summed E-state index contributed by atoms with van der Waals surface area (Å²) < 4.78 is 14.7. The largest absolute Gasteiger partial charge is 0.470 e. The average Bonchev–Trinajstić information content (AvgIpc) is 2.02. The normalized spacial score (nSPS) is 22.1. The molecule has 78 valence electrons. The lowest BCUT2D eigenvalue weighted by atomic mass is 10.1. The molecule has 0 aliphatic carbocycles. The first kappa shape index (κ1) is 11.1. The van der Waals surface area contributed by atoms with Crippen LogP contribution in [0.4, 0.5) is 0 Å². The van der Waals surface area contributed by atoms with Crippen molar-refractivity contribution in [3.05, 3.63) is 0 Å². The molecule has 0 unspecified atom stereocenters. The van der Waals surface area contributed by atoms with Crippen LogP contribution in [0.2, 0.25) is 0 Å². The van der Waals surface area contributed by atoms with E-state index in [1.807, 2.05) is 4.90 Å². The van der Waals surface area contributed by atoms with Crippen molar-refractivity contribution in [3.8, 4) is 0 Å². The second-order valence-corrected chi connectivity index (χ2v) is 4.44. The van der Waals surface area contributed by atoms with Gasteiger partial charge in [0.05, 0.1) is 0 Å². The maximum atomic E-state index is 10.4. The Balaban J connectivity index is 2.20. The summed E-state index contributed by atoms with van der Waals surface area (Å²) in [6.45, 7) is 1.46. The van der Waals surface area contributed by atoms with Gasteiger partial charge in [-0.15, -0.1) is 0 Å². The van der Waals surface area contributed by atoms with Crippen molar-refractivity contribution in [2.24, 2.45) is 5.73 Å². The molecule has 1 rings (SSSR count). The van der Waals surface area contributed by atoms with Gasteiger partial charge >= 0.3 is 7.82 Å². The summed E-state index contributed by atoms with van der Waals surface area (Å²) in [6, 6.07) is 0.214. The van der Waals surface area contributed by atoms with Crippen molar-refractivity contribution in [2.45, 2.75) is 18.9 Å². The molecular formula is C6H15N2O4P. The predicted octanol–water partition coefficient (Wildman–Crippen LogP) is -0.524. The molecule has 1 fully saturated rings. The Bertz CT molecular complexity index is 199. The zero-order valence-corrected chi connectivity index (χ0v) is 8.19. The first-order valence-corrected chi connectivity index (χ1v) is 5.68.